The number of nitrogens with one attached hydrogen (secondary N) is 2. The van der Waals surface area contributed by atoms with E-state index < -0.39 is 6.04 Å². The Morgan fingerprint density at radius 3 is 2.18 bits per heavy atom. The van der Waals surface area contributed by atoms with Gasteiger partial charge in [-0.15, -0.1) is 0 Å². The average Bonchev–Trinajstić information content (AvgIpc) is 3.51. The third kappa shape index (κ3) is 5.12. The second-order valence-corrected chi connectivity index (χ2v) is 7.76. The highest BCUT2D eigenvalue weighted by Gasteiger charge is 2.44. The Hall–Kier alpha value is -2.82. The van der Waals surface area contributed by atoms with Gasteiger partial charge in [0.15, 0.2) is 6.61 Å². The lowest BCUT2D eigenvalue weighted by atomic mass is 9.95. The van der Waals surface area contributed by atoms with Crippen LogP contribution in [-0.2, 0) is 15.0 Å². The highest BCUT2D eigenvalue weighted by atomic mass is 16.5. The van der Waals surface area contributed by atoms with Crippen LogP contribution >= 0.6 is 0 Å². The summed E-state index contributed by atoms with van der Waals surface area (Å²) < 4.78 is 5.47. The van der Waals surface area contributed by atoms with E-state index in [1.165, 1.54) is 5.56 Å². The molecule has 2 aromatic rings. The molecule has 0 radical (unpaired) electrons. The van der Waals surface area contributed by atoms with Gasteiger partial charge in [0.05, 0.1) is 0 Å². The average molecular weight is 380 g/mol. The summed E-state index contributed by atoms with van der Waals surface area (Å²) in [7, 11) is 0. The fourth-order valence-corrected chi connectivity index (χ4v) is 3.29. The number of carbonyl (C=O) groups is 2. The van der Waals surface area contributed by atoms with E-state index in [1.807, 2.05) is 50.2 Å². The summed E-state index contributed by atoms with van der Waals surface area (Å²) in [6, 6.07) is 18.9. The van der Waals surface area contributed by atoms with Crippen LogP contribution in [0.3, 0.4) is 0 Å². The Bertz CT molecular complexity index is 786. The Morgan fingerprint density at radius 2 is 1.61 bits per heavy atom. The van der Waals surface area contributed by atoms with Crippen molar-refractivity contribution in [2.75, 3.05) is 13.2 Å². The van der Waals surface area contributed by atoms with Crippen LogP contribution in [0.2, 0.25) is 0 Å². The van der Waals surface area contributed by atoms with Gasteiger partial charge in [-0.05, 0) is 36.5 Å². The molecule has 148 valence electrons. The van der Waals surface area contributed by atoms with E-state index in [-0.39, 0.29) is 29.8 Å². The molecule has 2 aromatic carbocycles. The van der Waals surface area contributed by atoms with Crippen molar-refractivity contribution in [2.24, 2.45) is 5.92 Å². The number of hydrogen-bond acceptors (Lipinski definition) is 3. The van der Waals surface area contributed by atoms with Crippen molar-refractivity contribution in [2.45, 2.75) is 38.1 Å². The van der Waals surface area contributed by atoms with Crippen LogP contribution in [-0.4, -0.2) is 31.0 Å². The molecule has 1 aliphatic rings. The maximum absolute atomic E-state index is 12.7. The van der Waals surface area contributed by atoms with Crippen molar-refractivity contribution in [1.29, 1.82) is 0 Å². The van der Waals surface area contributed by atoms with Gasteiger partial charge in [0.25, 0.3) is 5.91 Å². The second-order valence-electron chi connectivity index (χ2n) is 7.76. The third-order valence-electron chi connectivity index (χ3n) is 5.22. The van der Waals surface area contributed by atoms with Crippen LogP contribution in [0.5, 0.6) is 5.75 Å². The Labute approximate surface area is 166 Å². The molecule has 28 heavy (non-hydrogen) atoms. The topological polar surface area (TPSA) is 67.4 Å². The first kappa shape index (κ1) is 19.9. The van der Waals surface area contributed by atoms with Crippen molar-refractivity contribution in [3.05, 3.63) is 66.2 Å². The van der Waals surface area contributed by atoms with Crippen molar-refractivity contribution < 1.29 is 14.3 Å². The van der Waals surface area contributed by atoms with Crippen LogP contribution in [0.4, 0.5) is 0 Å². The zero-order valence-corrected chi connectivity index (χ0v) is 16.5. The minimum atomic E-state index is -0.585. The summed E-state index contributed by atoms with van der Waals surface area (Å²) in [5.41, 5.74) is 1.30. The van der Waals surface area contributed by atoms with Crippen molar-refractivity contribution >= 4 is 11.8 Å². The van der Waals surface area contributed by atoms with Gasteiger partial charge in [0.1, 0.15) is 11.8 Å². The summed E-state index contributed by atoms with van der Waals surface area (Å²) in [5, 5.41) is 5.86. The van der Waals surface area contributed by atoms with Gasteiger partial charge < -0.3 is 15.4 Å². The SMILES string of the molecule is CC(C)[C@@H](NC(=O)COc1ccccc1)C(=O)NCC1(c2ccccc2)CC1. The van der Waals surface area contributed by atoms with E-state index in [0.29, 0.717) is 12.3 Å². The maximum atomic E-state index is 12.7. The zero-order chi connectivity index (χ0) is 20.0. The summed E-state index contributed by atoms with van der Waals surface area (Å²) >= 11 is 0. The van der Waals surface area contributed by atoms with Crippen molar-refractivity contribution in [1.82, 2.24) is 10.6 Å². The van der Waals surface area contributed by atoms with Gasteiger partial charge in [0.2, 0.25) is 5.91 Å². The molecule has 2 N–H and O–H groups in total. The van der Waals surface area contributed by atoms with E-state index in [2.05, 4.69) is 22.8 Å². The maximum Gasteiger partial charge on any atom is 0.258 e. The normalized spacial score (nSPS) is 15.5. The van der Waals surface area contributed by atoms with Crippen LogP contribution < -0.4 is 15.4 Å². The first-order chi connectivity index (χ1) is 13.5. The van der Waals surface area contributed by atoms with E-state index in [4.69, 9.17) is 4.74 Å². The highest BCUT2D eigenvalue weighted by molar-refractivity contribution is 5.88. The van der Waals surface area contributed by atoms with Crippen molar-refractivity contribution in [3.8, 4) is 5.75 Å². The molecule has 0 aromatic heterocycles. The number of hydrogen-bond donors (Lipinski definition) is 2. The molecule has 0 aliphatic heterocycles. The van der Waals surface area contributed by atoms with Crippen LogP contribution in [0.25, 0.3) is 0 Å². The van der Waals surface area contributed by atoms with Crippen LogP contribution in [0.1, 0.15) is 32.3 Å². The van der Waals surface area contributed by atoms with E-state index >= 15 is 0 Å². The van der Waals surface area contributed by atoms with Crippen molar-refractivity contribution in [3.63, 3.8) is 0 Å². The number of carbonyl (C=O) groups excluding carboxylic acids is 2. The van der Waals surface area contributed by atoms with Gasteiger partial charge in [-0.1, -0.05) is 62.4 Å². The van der Waals surface area contributed by atoms with Gasteiger partial charge in [-0.2, -0.15) is 0 Å². The first-order valence-corrected chi connectivity index (χ1v) is 9.81. The predicted molar refractivity (Wildman–Crippen MR) is 109 cm³/mol. The molecule has 0 saturated heterocycles. The van der Waals surface area contributed by atoms with Gasteiger partial charge in [0, 0.05) is 12.0 Å². The molecule has 1 aliphatic carbocycles. The van der Waals surface area contributed by atoms with E-state index in [0.717, 1.165) is 12.8 Å². The molecule has 1 fully saturated rings. The molecule has 0 unspecified atom stereocenters. The third-order valence-corrected chi connectivity index (χ3v) is 5.22. The van der Waals surface area contributed by atoms with Gasteiger partial charge in [-0.25, -0.2) is 0 Å². The van der Waals surface area contributed by atoms with Gasteiger partial charge in [-0.3, -0.25) is 9.59 Å². The minimum absolute atomic E-state index is 0.0208. The molecular formula is C23H28N2O3. The molecule has 0 heterocycles. The number of rotatable bonds is 9. The lowest BCUT2D eigenvalue weighted by Gasteiger charge is -2.24. The number of ether oxygens (including phenoxy) is 1. The molecule has 1 saturated carbocycles. The molecule has 5 nitrogen and oxygen atoms in total. The Kier molecular flexibility index (Phi) is 6.34. The van der Waals surface area contributed by atoms with E-state index in [1.54, 1.807) is 12.1 Å². The Balaban J connectivity index is 1.52. The molecule has 0 spiro atoms. The Morgan fingerprint density at radius 1 is 1.00 bits per heavy atom. The lowest BCUT2D eigenvalue weighted by molar-refractivity contribution is -0.131. The summed E-state index contributed by atoms with van der Waals surface area (Å²) in [4.78, 5) is 25.0. The molecule has 1 atom stereocenters. The number of benzene rings is 2. The van der Waals surface area contributed by atoms with Gasteiger partial charge >= 0.3 is 0 Å². The second kappa shape index (κ2) is 8.91. The zero-order valence-electron chi connectivity index (χ0n) is 16.5. The molecule has 5 heteroatoms. The first-order valence-electron chi connectivity index (χ1n) is 9.81. The summed E-state index contributed by atoms with van der Waals surface area (Å²) in [6.45, 7) is 4.32. The number of para-hydroxylation sites is 1. The smallest absolute Gasteiger partial charge is 0.258 e. The minimum Gasteiger partial charge on any atom is -0.484 e. The van der Waals surface area contributed by atoms with Crippen LogP contribution in [0, 0.1) is 5.92 Å². The van der Waals surface area contributed by atoms with Crippen LogP contribution in [0.15, 0.2) is 60.7 Å². The highest BCUT2D eigenvalue weighted by Crippen LogP contribution is 2.47. The standard InChI is InChI=1S/C23H28N2O3/c1-17(2)21(25-20(26)15-28-19-11-7-4-8-12-19)22(27)24-16-23(13-14-23)18-9-5-3-6-10-18/h3-12,17,21H,13-16H2,1-2H3,(H,24,27)(H,25,26)/t21-/m1/s1. The fraction of sp³-hybridized carbons (Fsp3) is 0.391. The quantitative estimate of drug-likeness (QED) is 0.703. The molecule has 2 amide bonds. The van der Waals surface area contributed by atoms with E-state index in [9.17, 15) is 9.59 Å². The number of amides is 2. The summed E-state index contributed by atoms with van der Waals surface area (Å²) in [6.07, 6.45) is 2.14. The fourth-order valence-electron chi connectivity index (χ4n) is 3.29. The summed E-state index contributed by atoms with van der Waals surface area (Å²) in [5.74, 6) is 0.154. The molecular weight excluding hydrogens is 352 g/mol. The largest absolute Gasteiger partial charge is 0.484 e. The predicted octanol–water partition coefficient (Wildman–Crippen LogP) is 3.05. The monoisotopic (exact) mass is 380 g/mol. The lowest BCUT2D eigenvalue weighted by Crippen LogP contribution is -2.52. The molecule has 0 bridgehead atoms. The molecule has 3 rings (SSSR count).